The molecule has 1 amide bonds. The molecule has 0 saturated carbocycles. The molecule has 1 aliphatic heterocycles. The second kappa shape index (κ2) is 8.71. The predicted molar refractivity (Wildman–Crippen MR) is 108 cm³/mol. The van der Waals surface area contributed by atoms with Crippen LogP contribution >= 0.6 is 15.9 Å². The maximum absolute atomic E-state index is 14.3. The number of hydrogen-bond acceptors (Lipinski definition) is 4. The van der Waals surface area contributed by atoms with Crippen LogP contribution in [0.2, 0.25) is 0 Å². The monoisotopic (exact) mass is 435 g/mol. The van der Waals surface area contributed by atoms with Crippen molar-refractivity contribution in [3.63, 3.8) is 0 Å². The molecule has 7 heteroatoms. The van der Waals surface area contributed by atoms with E-state index in [0.717, 1.165) is 38.3 Å². The number of benzene rings is 2. The lowest BCUT2D eigenvalue weighted by Crippen LogP contribution is -2.32. The van der Waals surface area contributed by atoms with E-state index in [2.05, 4.69) is 33.0 Å². The number of ether oxygens (including phenoxy) is 1. The summed E-state index contributed by atoms with van der Waals surface area (Å²) in [5, 5.41) is 0. The molecule has 27 heavy (non-hydrogen) atoms. The molecule has 0 atom stereocenters. The molecule has 5 nitrogen and oxygen atoms in total. The van der Waals surface area contributed by atoms with E-state index in [0.29, 0.717) is 16.7 Å². The van der Waals surface area contributed by atoms with Crippen LogP contribution in [0, 0.1) is 5.82 Å². The lowest BCUT2D eigenvalue weighted by atomic mass is 10.1. The molecule has 144 valence electrons. The summed E-state index contributed by atoms with van der Waals surface area (Å²) < 4.78 is 20.1. The highest BCUT2D eigenvalue weighted by molar-refractivity contribution is 9.10. The Kier molecular flexibility index (Phi) is 6.34. The van der Waals surface area contributed by atoms with Gasteiger partial charge in [-0.2, -0.15) is 0 Å². The first-order valence-electron chi connectivity index (χ1n) is 8.87. The molecule has 2 aromatic rings. The molecule has 0 unspecified atom stereocenters. The van der Waals surface area contributed by atoms with Crippen molar-refractivity contribution in [1.82, 2.24) is 4.90 Å². The number of anilines is 1. The van der Waals surface area contributed by atoms with Gasteiger partial charge in [0.1, 0.15) is 11.6 Å². The number of halogens is 2. The van der Waals surface area contributed by atoms with E-state index < -0.39 is 11.7 Å². The highest BCUT2D eigenvalue weighted by Crippen LogP contribution is 2.29. The van der Waals surface area contributed by atoms with Gasteiger partial charge in [0.2, 0.25) is 0 Å². The summed E-state index contributed by atoms with van der Waals surface area (Å²) in [5.74, 6) is -0.489. The zero-order chi connectivity index (χ0) is 19.4. The van der Waals surface area contributed by atoms with Gasteiger partial charge >= 0.3 is 0 Å². The van der Waals surface area contributed by atoms with Gasteiger partial charge in [0.15, 0.2) is 0 Å². The predicted octanol–water partition coefficient (Wildman–Crippen LogP) is 3.41. The summed E-state index contributed by atoms with van der Waals surface area (Å²) in [4.78, 5) is 16.2. The Labute approximate surface area is 167 Å². The van der Waals surface area contributed by atoms with Crippen molar-refractivity contribution < 1.29 is 13.9 Å². The largest absolute Gasteiger partial charge is 0.497 e. The average Bonchev–Trinajstić information content (AvgIpc) is 2.87. The maximum atomic E-state index is 14.3. The molecule has 0 aromatic heterocycles. The molecule has 1 saturated heterocycles. The van der Waals surface area contributed by atoms with E-state index in [9.17, 15) is 9.18 Å². The summed E-state index contributed by atoms with van der Waals surface area (Å²) in [5.41, 5.74) is 7.16. The van der Waals surface area contributed by atoms with Gasteiger partial charge < -0.3 is 15.4 Å². The number of primary amides is 1. The number of nitrogens with two attached hydrogens (primary N) is 1. The first-order valence-corrected chi connectivity index (χ1v) is 9.66. The first kappa shape index (κ1) is 19.6. The molecule has 0 bridgehead atoms. The number of nitrogens with zero attached hydrogens (tertiary/aromatic N) is 2. The van der Waals surface area contributed by atoms with Gasteiger partial charge in [0.25, 0.3) is 5.91 Å². The lowest BCUT2D eigenvalue weighted by Gasteiger charge is -2.26. The van der Waals surface area contributed by atoms with Gasteiger partial charge in [-0.05, 0) is 36.2 Å². The summed E-state index contributed by atoms with van der Waals surface area (Å²) in [6.07, 6.45) is 0.919. The van der Waals surface area contributed by atoms with Crippen LogP contribution in [-0.4, -0.2) is 44.1 Å². The zero-order valence-corrected chi connectivity index (χ0v) is 16.8. The quantitative estimate of drug-likeness (QED) is 0.781. The van der Waals surface area contributed by atoms with Crippen molar-refractivity contribution in [2.75, 3.05) is 38.2 Å². The number of hydrogen-bond donors (Lipinski definition) is 1. The van der Waals surface area contributed by atoms with Gasteiger partial charge in [-0.15, -0.1) is 0 Å². The van der Waals surface area contributed by atoms with Crippen LogP contribution in [0.15, 0.2) is 40.9 Å². The minimum atomic E-state index is -0.741. The zero-order valence-electron chi connectivity index (χ0n) is 15.3. The molecule has 3 rings (SSSR count). The van der Waals surface area contributed by atoms with Crippen molar-refractivity contribution in [2.45, 2.75) is 13.0 Å². The first-order chi connectivity index (χ1) is 13.0. The van der Waals surface area contributed by atoms with E-state index in [1.807, 2.05) is 17.0 Å². The topological polar surface area (TPSA) is 58.8 Å². The average molecular weight is 436 g/mol. The van der Waals surface area contributed by atoms with Gasteiger partial charge in [-0.3, -0.25) is 9.69 Å². The summed E-state index contributed by atoms with van der Waals surface area (Å²) in [7, 11) is 1.66. The van der Waals surface area contributed by atoms with Crippen molar-refractivity contribution in [3.8, 4) is 5.75 Å². The lowest BCUT2D eigenvalue weighted by molar-refractivity contribution is 0.0997. The van der Waals surface area contributed by atoms with Gasteiger partial charge in [0, 0.05) is 37.2 Å². The third-order valence-corrected chi connectivity index (χ3v) is 5.23. The fourth-order valence-electron chi connectivity index (χ4n) is 3.41. The van der Waals surface area contributed by atoms with Gasteiger partial charge in [-0.1, -0.05) is 28.1 Å². The second-order valence-corrected chi connectivity index (χ2v) is 7.53. The van der Waals surface area contributed by atoms with Crippen molar-refractivity contribution in [1.29, 1.82) is 0 Å². The number of rotatable bonds is 5. The van der Waals surface area contributed by atoms with Crippen LogP contribution in [0.4, 0.5) is 10.1 Å². The fourth-order valence-corrected chi connectivity index (χ4v) is 3.83. The Hall–Kier alpha value is -2.12. The van der Waals surface area contributed by atoms with Gasteiger partial charge in [-0.25, -0.2) is 4.39 Å². The van der Waals surface area contributed by atoms with Crippen molar-refractivity contribution >= 4 is 27.5 Å². The molecular formula is C20H23BrFN3O2. The van der Waals surface area contributed by atoms with Crippen LogP contribution in [0.3, 0.4) is 0 Å². The van der Waals surface area contributed by atoms with Gasteiger partial charge in [0.05, 0.1) is 18.4 Å². The molecular weight excluding hydrogens is 413 g/mol. The van der Waals surface area contributed by atoms with E-state index in [1.165, 1.54) is 11.6 Å². The van der Waals surface area contributed by atoms with Crippen LogP contribution < -0.4 is 15.4 Å². The molecule has 2 aromatic carbocycles. The molecule has 1 aliphatic rings. The highest BCUT2D eigenvalue weighted by atomic mass is 79.9. The molecule has 1 fully saturated rings. The molecule has 1 heterocycles. The van der Waals surface area contributed by atoms with Crippen LogP contribution in [0.5, 0.6) is 5.75 Å². The van der Waals surface area contributed by atoms with E-state index >= 15 is 0 Å². The van der Waals surface area contributed by atoms with Crippen molar-refractivity contribution in [3.05, 3.63) is 57.8 Å². The second-order valence-electron chi connectivity index (χ2n) is 6.61. The van der Waals surface area contributed by atoms with Crippen LogP contribution in [-0.2, 0) is 6.54 Å². The van der Waals surface area contributed by atoms with Crippen LogP contribution in [0.25, 0.3) is 0 Å². The smallest absolute Gasteiger partial charge is 0.253 e. The van der Waals surface area contributed by atoms with Crippen LogP contribution in [0.1, 0.15) is 22.3 Å². The standard InChI is InChI=1S/C20H23BrFN3O2/c1-27-16-5-3-14(4-6-16)13-24-7-2-8-25(10-9-24)18-12-15(21)11-17(22)19(18)20(23)26/h3-6,11-12H,2,7-10,13H2,1H3,(H2,23,26). The van der Waals surface area contributed by atoms with E-state index in [4.69, 9.17) is 10.5 Å². The number of amides is 1. The molecule has 0 spiro atoms. The summed E-state index contributed by atoms with van der Waals surface area (Å²) >= 11 is 3.31. The number of carbonyl (C=O) groups is 1. The fraction of sp³-hybridized carbons (Fsp3) is 0.350. The Morgan fingerprint density at radius 1 is 1.19 bits per heavy atom. The van der Waals surface area contributed by atoms with Crippen molar-refractivity contribution in [2.24, 2.45) is 5.73 Å². The van der Waals surface area contributed by atoms with E-state index in [-0.39, 0.29) is 5.56 Å². The summed E-state index contributed by atoms with van der Waals surface area (Å²) in [6.45, 7) is 4.04. The van der Waals surface area contributed by atoms with E-state index in [1.54, 1.807) is 13.2 Å². The third-order valence-electron chi connectivity index (χ3n) is 4.78. The highest BCUT2D eigenvalue weighted by Gasteiger charge is 2.22. The Bertz CT molecular complexity index is 814. The Morgan fingerprint density at radius 3 is 2.59 bits per heavy atom. The maximum Gasteiger partial charge on any atom is 0.253 e. The minimum absolute atomic E-state index is 0.0400. The Morgan fingerprint density at radius 2 is 1.93 bits per heavy atom. The minimum Gasteiger partial charge on any atom is -0.497 e. The number of methoxy groups -OCH3 is 1. The third kappa shape index (κ3) is 4.78. The SMILES string of the molecule is COc1ccc(CN2CCCN(c3cc(Br)cc(F)c3C(N)=O)CC2)cc1. The normalized spacial score (nSPS) is 15.4. The molecule has 2 N–H and O–H groups in total. The molecule has 0 radical (unpaired) electrons. The molecule has 0 aliphatic carbocycles. The number of carbonyl (C=O) groups excluding carboxylic acids is 1. The summed E-state index contributed by atoms with van der Waals surface area (Å²) in [6, 6.07) is 11.1. The Balaban J connectivity index is 1.72.